The Morgan fingerprint density at radius 3 is 1.35 bits per heavy atom. The predicted octanol–water partition coefficient (Wildman–Crippen LogP) is 8.03. The zero-order chi connectivity index (χ0) is 19.1. The third kappa shape index (κ3) is 19.8. The lowest BCUT2D eigenvalue weighted by molar-refractivity contribution is 0.254. The summed E-state index contributed by atoms with van der Waals surface area (Å²) in [6.45, 7) is 8.58. The number of rotatable bonds is 21. The molecule has 0 aromatic rings. The first-order valence-corrected chi connectivity index (χ1v) is 11.9. The summed E-state index contributed by atoms with van der Waals surface area (Å²) in [5.41, 5.74) is 0. The van der Waals surface area contributed by atoms with Crippen molar-refractivity contribution in [3.8, 4) is 0 Å². The van der Waals surface area contributed by atoms with Gasteiger partial charge >= 0.3 is 0 Å². The molecule has 0 bridgehead atoms. The summed E-state index contributed by atoms with van der Waals surface area (Å²) in [6.07, 6.45) is 26.1. The first-order chi connectivity index (χ1) is 12.8. The monoisotopic (exact) mass is 367 g/mol. The molecule has 26 heavy (non-hydrogen) atoms. The fourth-order valence-electron chi connectivity index (χ4n) is 3.59. The summed E-state index contributed by atoms with van der Waals surface area (Å²) in [7, 11) is 0. The van der Waals surface area contributed by atoms with Crippen molar-refractivity contribution < 1.29 is 5.11 Å². The van der Waals surface area contributed by atoms with Gasteiger partial charge in [0.15, 0.2) is 0 Å². The van der Waals surface area contributed by atoms with Crippen molar-refractivity contribution in [2.24, 2.45) is 0 Å². The predicted molar refractivity (Wildman–Crippen MR) is 118 cm³/mol. The van der Waals surface area contributed by atoms with Gasteiger partial charge in [0.05, 0.1) is 6.26 Å². The molecule has 0 aliphatic rings. The van der Waals surface area contributed by atoms with Gasteiger partial charge in [-0.1, -0.05) is 97.0 Å². The van der Waals surface area contributed by atoms with E-state index in [4.69, 9.17) is 5.11 Å². The number of unbranched alkanes of at least 4 members (excludes halogenated alkanes) is 14. The van der Waals surface area contributed by atoms with Gasteiger partial charge in [0.1, 0.15) is 0 Å². The van der Waals surface area contributed by atoms with E-state index in [0.717, 1.165) is 6.42 Å². The van der Waals surface area contributed by atoms with Gasteiger partial charge in [-0.25, -0.2) is 0 Å². The Kier molecular flexibility index (Phi) is 22.1. The summed E-state index contributed by atoms with van der Waals surface area (Å²) in [4.78, 5) is 2.75. The average Bonchev–Trinajstić information content (AvgIpc) is 2.66. The molecule has 2 heteroatoms. The van der Waals surface area contributed by atoms with Crippen LogP contribution < -0.4 is 0 Å². The van der Waals surface area contributed by atoms with E-state index in [0.29, 0.717) is 0 Å². The minimum atomic E-state index is 1.03. The molecule has 0 radical (unpaired) electrons. The Bertz CT molecular complexity index is 265. The van der Waals surface area contributed by atoms with Crippen molar-refractivity contribution in [3.63, 3.8) is 0 Å². The van der Waals surface area contributed by atoms with Crippen LogP contribution in [0.3, 0.4) is 0 Å². The van der Waals surface area contributed by atoms with Crippen molar-refractivity contribution >= 4 is 0 Å². The molecule has 0 fully saturated rings. The molecular formula is C24H49NO. The van der Waals surface area contributed by atoms with Gasteiger partial charge in [-0.2, -0.15) is 0 Å². The summed E-state index contributed by atoms with van der Waals surface area (Å²) in [6, 6.07) is 0. The Labute approximate surface area is 165 Å². The molecule has 0 aromatic heterocycles. The number of aliphatic hydroxyl groups is 1. The molecule has 0 saturated heterocycles. The zero-order valence-electron chi connectivity index (χ0n) is 18.2. The second-order valence-corrected chi connectivity index (χ2v) is 7.96. The number of hydrogen-bond acceptors (Lipinski definition) is 2. The highest BCUT2D eigenvalue weighted by atomic mass is 16.2. The van der Waals surface area contributed by atoms with Crippen LogP contribution in [0.1, 0.15) is 123 Å². The van der Waals surface area contributed by atoms with Crippen LogP contribution in [0.15, 0.2) is 12.3 Å². The van der Waals surface area contributed by atoms with Crippen molar-refractivity contribution in [1.29, 1.82) is 0 Å². The molecule has 0 rings (SSSR count). The molecule has 0 aliphatic carbocycles. The third-order valence-electron chi connectivity index (χ3n) is 5.36. The largest absolute Gasteiger partial charge is 0.516 e. The number of aliphatic hydroxyl groups excluding tert-OH is 1. The molecule has 0 atom stereocenters. The molecule has 1 N–H and O–H groups in total. The molecular weight excluding hydrogens is 318 g/mol. The van der Waals surface area contributed by atoms with Crippen LogP contribution in [0.2, 0.25) is 0 Å². The summed E-state index contributed by atoms with van der Waals surface area (Å²) in [5.74, 6) is 0. The Morgan fingerprint density at radius 2 is 0.923 bits per heavy atom. The maximum atomic E-state index is 8.59. The molecule has 0 spiro atoms. The molecule has 0 amide bonds. The van der Waals surface area contributed by atoms with E-state index in [1.807, 2.05) is 6.08 Å². The van der Waals surface area contributed by atoms with Gasteiger partial charge in [-0.05, 0) is 51.7 Å². The summed E-state index contributed by atoms with van der Waals surface area (Å²) < 4.78 is 0. The molecule has 0 heterocycles. The van der Waals surface area contributed by atoms with Gasteiger partial charge in [0.25, 0.3) is 0 Å². The summed E-state index contributed by atoms with van der Waals surface area (Å²) >= 11 is 0. The number of hydrogen-bond donors (Lipinski definition) is 1. The van der Waals surface area contributed by atoms with E-state index < -0.39 is 0 Å². The van der Waals surface area contributed by atoms with Gasteiger partial charge in [-0.15, -0.1) is 0 Å². The zero-order valence-corrected chi connectivity index (χ0v) is 18.2. The third-order valence-corrected chi connectivity index (χ3v) is 5.36. The smallest absolute Gasteiger partial charge is 0.0751 e. The van der Waals surface area contributed by atoms with E-state index in [1.54, 1.807) is 0 Å². The van der Waals surface area contributed by atoms with Crippen molar-refractivity contribution in [2.75, 3.05) is 19.6 Å². The van der Waals surface area contributed by atoms with Gasteiger partial charge in [0, 0.05) is 0 Å². The average molecular weight is 368 g/mol. The SMILES string of the molecule is CCCCCCN(CCCCCC)CCCCCCCCCCC=CO. The van der Waals surface area contributed by atoms with Gasteiger partial charge in [0.2, 0.25) is 0 Å². The maximum absolute atomic E-state index is 8.59. The van der Waals surface area contributed by atoms with Crippen LogP contribution in [-0.2, 0) is 0 Å². The van der Waals surface area contributed by atoms with Crippen LogP contribution in [0, 0.1) is 0 Å². The van der Waals surface area contributed by atoms with Crippen molar-refractivity contribution in [2.45, 2.75) is 123 Å². The van der Waals surface area contributed by atoms with Crippen LogP contribution >= 0.6 is 0 Å². The highest BCUT2D eigenvalue weighted by Crippen LogP contribution is 2.11. The van der Waals surface area contributed by atoms with Gasteiger partial charge < -0.3 is 10.0 Å². The lowest BCUT2D eigenvalue weighted by Crippen LogP contribution is -2.27. The Hall–Kier alpha value is -0.500. The van der Waals surface area contributed by atoms with Crippen LogP contribution in [-0.4, -0.2) is 29.6 Å². The van der Waals surface area contributed by atoms with E-state index >= 15 is 0 Å². The first kappa shape index (κ1) is 25.5. The van der Waals surface area contributed by atoms with E-state index in [1.165, 1.54) is 129 Å². The Morgan fingerprint density at radius 1 is 0.538 bits per heavy atom. The van der Waals surface area contributed by atoms with Crippen LogP contribution in [0.4, 0.5) is 0 Å². The molecule has 156 valence electrons. The Balaban J connectivity index is 3.60. The van der Waals surface area contributed by atoms with E-state index in [9.17, 15) is 0 Å². The van der Waals surface area contributed by atoms with Crippen LogP contribution in [0.25, 0.3) is 0 Å². The minimum absolute atomic E-state index is 1.03. The van der Waals surface area contributed by atoms with Gasteiger partial charge in [-0.3, -0.25) is 0 Å². The number of nitrogens with zero attached hydrogens (tertiary/aromatic N) is 1. The second kappa shape index (κ2) is 22.5. The topological polar surface area (TPSA) is 23.5 Å². The second-order valence-electron chi connectivity index (χ2n) is 7.96. The highest BCUT2D eigenvalue weighted by molar-refractivity contribution is 4.70. The quantitative estimate of drug-likeness (QED) is 0.164. The molecule has 0 unspecified atom stereocenters. The fraction of sp³-hybridized carbons (Fsp3) is 0.917. The van der Waals surface area contributed by atoms with Crippen molar-refractivity contribution in [3.05, 3.63) is 12.3 Å². The standard InChI is InChI=1S/C24H49NO/c1-3-5-7-17-21-25(22-18-8-6-4-2)23-19-15-13-11-9-10-12-14-16-20-24-26/h20,24,26H,3-19,21-23H2,1-2H3. The fourth-order valence-corrected chi connectivity index (χ4v) is 3.59. The maximum Gasteiger partial charge on any atom is 0.0751 e. The lowest BCUT2D eigenvalue weighted by Gasteiger charge is -2.22. The molecule has 0 aromatic carbocycles. The van der Waals surface area contributed by atoms with E-state index in [2.05, 4.69) is 18.7 Å². The van der Waals surface area contributed by atoms with Crippen molar-refractivity contribution in [1.82, 2.24) is 4.90 Å². The normalized spacial score (nSPS) is 11.8. The first-order valence-electron chi connectivity index (χ1n) is 11.9. The van der Waals surface area contributed by atoms with E-state index in [-0.39, 0.29) is 0 Å². The molecule has 0 aliphatic heterocycles. The molecule has 2 nitrogen and oxygen atoms in total. The minimum Gasteiger partial charge on any atom is -0.516 e. The highest BCUT2D eigenvalue weighted by Gasteiger charge is 2.04. The lowest BCUT2D eigenvalue weighted by atomic mass is 10.1. The molecule has 0 saturated carbocycles. The summed E-state index contributed by atoms with van der Waals surface area (Å²) in [5, 5.41) is 8.59. The van der Waals surface area contributed by atoms with Crippen LogP contribution in [0.5, 0.6) is 0 Å². The number of allylic oxidation sites excluding steroid dienone is 1.